The van der Waals surface area contributed by atoms with Gasteiger partial charge in [-0.25, -0.2) is 4.98 Å². The van der Waals surface area contributed by atoms with Crippen LogP contribution in [0.25, 0.3) is 5.52 Å². The number of amides is 2. The third-order valence-corrected chi connectivity index (χ3v) is 4.38. The van der Waals surface area contributed by atoms with Crippen LogP contribution in [0.2, 0.25) is 0 Å². The summed E-state index contributed by atoms with van der Waals surface area (Å²) in [6.45, 7) is 10.3. The molecule has 2 amide bonds. The lowest BCUT2D eigenvalue weighted by Gasteiger charge is -2.19. The summed E-state index contributed by atoms with van der Waals surface area (Å²) < 4.78 is 1.61. The summed E-state index contributed by atoms with van der Waals surface area (Å²) >= 11 is 0. The van der Waals surface area contributed by atoms with E-state index >= 15 is 0 Å². The number of aromatic nitrogens is 2. The van der Waals surface area contributed by atoms with Gasteiger partial charge >= 0.3 is 0 Å². The first kappa shape index (κ1) is 19.4. The first-order valence-corrected chi connectivity index (χ1v) is 9.09. The van der Waals surface area contributed by atoms with Crippen LogP contribution >= 0.6 is 0 Å². The van der Waals surface area contributed by atoms with Crippen LogP contribution in [0, 0.1) is 0 Å². The van der Waals surface area contributed by atoms with Gasteiger partial charge in [0.1, 0.15) is 0 Å². The van der Waals surface area contributed by atoms with Crippen LogP contribution in [0.15, 0.2) is 61.3 Å². The number of carbonyl (C=O) groups is 2. The molecule has 0 bridgehead atoms. The molecule has 144 valence electrons. The molecular weight excluding hydrogens is 352 g/mol. The van der Waals surface area contributed by atoms with Crippen molar-refractivity contribution in [2.24, 2.45) is 0 Å². The summed E-state index contributed by atoms with van der Waals surface area (Å²) in [5.41, 5.74) is 2.65. The van der Waals surface area contributed by atoms with Gasteiger partial charge in [0, 0.05) is 18.4 Å². The molecule has 0 saturated heterocycles. The van der Waals surface area contributed by atoms with E-state index in [0.29, 0.717) is 17.7 Å². The maximum absolute atomic E-state index is 12.8. The van der Waals surface area contributed by atoms with E-state index in [-0.39, 0.29) is 28.7 Å². The maximum atomic E-state index is 12.8. The molecule has 28 heavy (non-hydrogen) atoms. The Morgan fingerprint density at radius 1 is 1.11 bits per heavy atom. The number of benzene rings is 1. The average Bonchev–Trinajstić information content (AvgIpc) is 3.06. The monoisotopic (exact) mass is 376 g/mol. The minimum absolute atomic E-state index is 0.0380. The molecule has 0 spiro atoms. The van der Waals surface area contributed by atoms with Crippen molar-refractivity contribution in [1.29, 1.82) is 0 Å². The summed E-state index contributed by atoms with van der Waals surface area (Å²) in [5.74, 6) is -0.574. The van der Waals surface area contributed by atoms with Crippen LogP contribution in [0.4, 0.5) is 5.69 Å². The van der Waals surface area contributed by atoms with Crippen LogP contribution in [0.3, 0.4) is 0 Å². The predicted molar refractivity (Wildman–Crippen MR) is 111 cm³/mol. The largest absolute Gasteiger partial charge is 0.346 e. The van der Waals surface area contributed by atoms with E-state index < -0.39 is 0 Å². The van der Waals surface area contributed by atoms with Crippen molar-refractivity contribution in [3.63, 3.8) is 0 Å². The topological polar surface area (TPSA) is 75.5 Å². The normalized spacial score (nSPS) is 11.2. The number of nitrogens with zero attached hydrogens (tertiary/aromatic N) is 2. The van der Waals surface area contributed by atoms with Gasteiger partial charge in [0.25, 0.3) is 11.8 Å². The lowest BCUT2D eigenvalue weighted by Crippen LogP contribution is -2.25. The van der Waals surface area contributed by atoms with Gasteiger partial charge in [0.15, 0.2) is 5.69 Å². The van der Waals surface area contributed by atoms with Crippen molar-refractivity contribution in [2.75, 3.05) is 11.9 Å². The molecule has 3 rings (SSSR count). The van der Waals surface area contributed by atoms with E-state index in [9.17, 15) is 9.59 Å². The number of hydrogen-bond donors (Lipinski definition) is 2. The van der Waals surface area contributed by atoms with Crippen LogP contribution in [-0.2, 0) is 5.41 Å². The molecule has 2 aromatic heterocycles. The Balaban J connectivity index is 1.89. The molecule has 0 fully saturated rings. The second-order valence-electron chi connectivity index (χ2n) is 7.52. The predicted octanol–water partition coefficient (Wildman–Crippen LogP) is 3.80. The van der Waals surface area contributed by atoms with Crippen LogP contribution in [-0.4, -0.2) is 27.7 Å². The summed E-state index contributed by atoms with van der Waals surface area (Å²) in [7, 11) is 0. The van der Waals surface area contributed by atoms with Gasteiger partial charge in [0.2, 0.25) is 5.82 Å². The number of pyridine rings is 1. The molecule has 2 heterocycles. The zero-order chi connectivity index (χ0) is 20.3. The number of anilines is 1. The highest BCUT2D eigenvalue weighted by molar-refractivity contribution is 6.08. The van der Waals surface area contributed by atoms with Crippen molar-refractivity contribution in [1.82, 2.24) is 14.7 Å². The highest BCUT2D eigenvalue weighted by atomic mass is 16.2. The highest BCUT2D eigenvalue weighted by Crippen LogP contribution is 2.24. The summed E-state index contributed by atoms with van der Waals surface area (Å²) in [6, 6.07) is 13.1. The second kappa shape index (κ2) is 7.68. The molecule has 2 N–H and O–H groups in total. The van der Waals surface area contributed by atoms with Gasteiger partial charge in [-0.15, -0.1) is 6.58 Å². The maximum Gasteiger partial charge on any atom is 0.287 e. The Morgan fingerprint density at radius 2 is 1.82 bits per heavy atom. The standard InChI is InChI=1S/C22H24N4O2/c1-5-13-23-21(28)19-25-18(17-8-6-7-14-26(17)19)20(27)24-16-11-9-15(10-12-16)22(2,3)4/h5-12,14H,1,13H2,2-4H3,(H,23,28)(H,24,27). The zero-order valence-electron chi connectivity index (χ0n) is 16.3. The third-order valence-electron chi connectivity index (χ3n) is 4.38. The van der Waals surface area contributed by atoms with Gasteiger partial charge in [-0.2, -0.15) is 0 Å². The number of carbonyl (C=O) groups excluding carboxylic acids is 2. The van der Waals surface area contributed by atoms with Crippen molar-refractivity contribution in [3.8, 4) is 0 Å². The Morgan fingerprint density at radius 3 is 2.46 bits per heavy atom. The Hall–Kier alpha value is -3.41. The van der Waals surface area contributed by atoms with Gasteiger partial charge in [-0.1, -0.05) is 45.0 Å². The minimum atomic E-state index is -0.366. The van der Waals surface area contributed by atoms with Crippen LogP contribution < -0.4 is 10.6 Å². The molecule has 0 radical (unpaired) electrons. The SMILES string of the molecule is C=CCNC(=O)c1nc(C(=O)Nc2ccc(C(C)(C)C)cc2)c2ccccn12. The first-order valence-electron chi connectivity index (χ1n) is 9.09. The second-order valence-corrected chi connectivity index (χ2v) is 7.52. The molecule has 0 saturated carbocycles. The molecular formula is C22H24N4O2. The number of nitrogens with one attached hydrogen (secondary N) is 2. The lowest BCUT2D eigenvalue weighted by atomic mass is 9.87. The van der Waals surface area contributed by atoms with Crippen molar-refractivity contribution in [3.05, 3.63) is 78.4 Å². The summed E-state index contributed by atoms with van der Waals surface area (Å²) in [6.07, 6.45) is 3.29. The smallest absolute Gasteiger partial charge is 0.287 e. The average molecular weight is 376 g/mol. The Kier molecular flexibility index (Phi) is 5.31. The highest BCUT2D eigenvalue weighted by Gasteiger charge is 2.21. The molecule has 3 aromatic rings. The Bertz CT molecular complexity index is 1030. The molecule has 0 aliphatic rings. The van der Waals surface area contributed by atoms with Crippen molar-refractivity contribution < 1.29 is 9.59 Å². The van der Waals surface area contributed by atoms with E-state index in [1.54, 1.807) is 34.9 Å². The van der Waals surface area contributed by atoms with Gasteiger partial charge in [0.05, 0.1) is 5.52 Å². The summed E-state index contributed by atoms with van der Waals surface area (Å²) in [5, 5.41) is 5.55. The van der Waals surface area contributed by atoms with E-state index in [2.05, 4.69) is 43.0 Å². The number of fused-ring (bicyclic) bond motifs is 1. The van der Waals surface area contributed by atoms with Crippen molar-refractivity contribution in [2.45, 2.75) is 26.2 Å². The molecule has 0 aliphatic heterocycles. The number of hydrogen-bond acceptors (Lipinski definition) is 3. The van der Waals surface area contributed by atoms with E-state index in [1.807, 2.05) is 24.3 Å². The lowest BCUT2D eigenvalue weighted by molar-refractivity contribution is 0.0947. The fourth-order valence-electron chi connectivity index (χ4n) is 2.85. The van der Waals surface area contributed by atoms with Gasteiger partial charge in [-0.3, -0.25) is 14.0 Å². The van der Waals surface area contributed by atoms with Gasteiger partial charge < -0.3 is 10.6 Å². The zero-order valence-corrected chi connectivity index (χ0v) is 16.3. The molecule has 0 aliphatic carbocycles. The van der Waals surface area contributed by atoms with Gasteiger partial charge in [-0.05, 0) is 35.2 Å². The number of imidazole rings is 1. The molecule has 0 atom stereocenters. The molecule has 6 heteroatoms. The van der Waals surface area contributed by atoms with E-state index in [1.165, 1.54) is 5.56 Å². The van der Waals surface area contributed by atoms with Crippen LogP contribution in [0.5, 0.6) is 0 Å². The fourth-order valence-corrected chi connectivity index (χ4v) is 2.85. The first-order chi connectivity index (χ1) is 13.3. The fraction of sp³-hybridized carbons (Fsp3) is 0.227. The van der Waals surface area contributed by atoms with Crippen LogP contribution in [0.1, 0.15) is 47.4 Å². The minimum Gasteiger partial charge on any atom is -0.346 e. The van der Waals surface area contributed by atoms with E-state index in [0.717, 1.165) is 0 Å². The van der Waals surface area contributed by atoms with E-state index in [4.69, 9.17) is 0 Å². The molecule has 1 aromatic carbocycles. The Labute approximate surface area is 164 Å². The molecule has 6 nitrogen and oxygen atoms in total. The van der Waals surface area contributed by atoms with Crippen molar-refractivity contribution >= 4 is 23.0 Å². The quantitative estimate of drug-likeness (QED) is 0.665. The number of rotatable bonds is 5. The third kappa shape index (κ3) is 3.96. The summed E-state index contributed by atoms with van der Waals surface area (Å²) in [4.78, 5) is 29.5. The molecule has 0 unspecified atom stereocenters.